The number of hydrogen-bond acceptors (Lipinski definition) is 3. The van der Waals surface area contributed by atoms with Gasteiger partial charge in [-0.3, -0.25) is 0 Å². The van der Waals surface area contributed by atoms with Crippen LogP contribution in [0.2, 0.25) is 0 Å². The van der Waals surface area contributed by atoms with E-state index < -0.39 is 0 Å². The number of rotatable bonds is 3. The van der Waals surface area contributed by atoms with E-state index in [2.05, 4.69) is 60.7 Å². The average molecular weight is 512 g/mol. The topological polar surface area (TPSA) is 50.1 Å². The van der Waals surface area contributed by atoms with Gasteiger partial charge in [-0.05, 0) is 23.3 Å². The van der Waals surface area contributed by atoms with Gasteiger partial charge in [0.25, 0.3) is 0 Å². The van der Waals surface area contributed by atoms with Crippen LogP contribution in [0.3, 0.4) is 0 Å². The normalized spacial score (nSPS) is 11.5. The van der Waals surface area contributed by atoms with Crippen molar-refractivity contribution in [3.05, 3.63) is 133 Å². The van der Waals surface area contributed by atoms with E-state index >= 15 is 0 Å². The molecular formula is C37H21NO2. The molecule has 0 saturated heterocycles. The number of benzene rings is 6. The van der Waals surface area contributed by atoms with E-state index in [-0.39, 0.29) is 0 Å². The molecule has 6 aromatic carbocycles. The van der Waals surface area contributed by atoms with Crippen molar-refractivity contribution in [1.82, 2.24) is 0 Å². The first-order chi connectivity index (χ1) is 19.8. The van der Waals surface area contributed by atoms with Crippen LogP contribution in [0.5, 0.6) is 0 Å². The molecule has 2 aromatic heterocycles. The zero-order valence-corrected chi connectivity index (χ0v) is 21.4. The van der Waals surface area contributed by atoms with Crippen molar-refractivity contribution in [2.24, 2.45) is 0 Å². The van der Waals surface area contributed by atoms with E-state index in [1.54, 1.807) is 0 Å². The summed E-state index contributed by atoms with van der Waals surface area (Å²) in [5.74, 6) is 0. The molecule has 8 aromatic rings. The molecule has 40 heavy (non-hydrogen) atoms. The Bertz CT molecular complexity index is 2280. The van der Waals surface area contributed by atoms with Gasteiger partial charge in [-0.25, -0.2) is 0 Å². The van der Waals surface area contributed by atoms with E-state index in [0.717, 1.165) is 77.3 Å². The van der Waals surface area contributed by atoms with Crippen molar-refractivity contribution in [1.29, 1.82) is 5.26 Å². The van der Waals surface area contributed by atoms with Gasteiger partial charge in [0.2, 0.25) is 0 Å². The van der Waals surface area contributed by atoms with Crippen molar-refractivity contribution >= 4 is 43.9 Å². The Hall–Kier alpha value is -5.59. The van der Waals surface area contributed by atoms with Crippen LogP contribution in [0, 0.1) is 11.3 Å². The van der Waals surface area contributed by atoms with Gasteiger partial charge in [0.05, 0.1) is 5.56 Å². The quantitative estimate of drug-likeness (QED) is 0.237. The SMILES string of the molecule is N#Cc1c(-c2cccc3c2oc2ccccc23)ccc(-c2cccc3c2oc2ccccc23)c1-c1ccccc1. The highest BCUT2D eigenvalue weighted by Gasteiger charge is 2.22. The summed E-state index contributed by atoms with van der Waals surface area (Å²) in [5.41, 5.74) is 9.38. The van der Waals surface area contributed by atoms with Gasteiger partial charge >= 0.3 is 0 Å². The molecule has 0 spiro atoms. The van der Waals surface area contributed by atoms with Crippen LogP contribution < -0.4 is 0 Å². The maximum absolute atomic E-state index is 10.7. The first-order valence-corrected chi connectivity index (χ1v) is 13.3. The van der Waals surface area contributed by atoms with Gasteiger partial charge in [-0.2, -0.15) is 5.26 Å². The number of fused-ring (bicyclic) bond motifs is 6. The molecule has 0 unspecified atom stereocenters. The summed E-state index contributed by atoms with van der Waals surface area (Å²) in [7, 11) is 0. The summed E-state index contributed by atoms with van der Waals surface area (Å²) in [6.07, 6.45) is 0. The smallest absolute Gasteiger partial charge is 0.143 e. The second kappa shape index (κ2) is 8.73. The third-order valence-corrected chi connectivity index (χ3v) is 7.77. The molecule has 0 radical (unpaired) electrons. The largest absolute Gasteiger partial charge is 0.455 e. The predicted octanol–water partition coefficient (Wildman–Crippen LogP) is 10.4. The first-order valence-electron chi connectivity index (χ1n) is 13.3. The number of hydrogen-bond donors (Lipinski definition) is 0. The van der Waals surface area contributed by atoms with Gasteiger partial charge in [0.15, 0.2) is 0 Å². The number of furan rings is 2. The summed E-state index contributed by atoms with van der Waals surface area (Å²) in [6.45, 7) is 0. The zero-order chi connectivity index (χ0) is 26.6. The fourth-order valence-corrected chi connectivity index (χ4v) is 5.99. The Morgan fingerprint density at radius 2 is 0.925 bits per heavy atom. The Labute approximate surface area is 230 Å². The predicted molar refractivity (Wildman–Crippen MR) is 162 cm³/mol. The van der Waals surface area contributed by atoms with Crippen LogP contribution >= 0.6 is 0 Å². The lowest BCUT2D eigenvalue weighted by Crippen LogP contribution is -1.95. The van der Waals surface area contributed by atoms with E-state index in [1.807, 2.05) is 72.8 Å². The third kappa shape index (κ3) is 3.24. The second-order valence-electron chi connectivity index (χ2n) is 9.95. The highest BCUT2D eigenvalue weighted by Crippen LogP contribution is 2.45. The molecule has 0 bridgehead atoms. The van der Waals surface area contributed by atoms with E-state index in [9.17, 15) is 5.26 Å². The molecule has 0 amide bonds. The molecule has 8 rings (SSSR count). The minimum absolute atomic E-state index is 0.602. The van der Waals surface area contributed by atoms with Crippen LogP contribution in [0.25, 0.3) is 77.3 Å². The summed E-state index contributed by atoms with van der Waals surface area (Å²) < 4.78 is 12.8. The summed E-state index contributed by atoms with van der Waals surface area (Å²) in [5, 5.41) is 15.0. The molecular weight excluding hydrogens is 490 g/mol. The van der Waals surface area contributed by atoms with Gasteiger partial charge in [0, 0.05) is 43.8 Å². The second-order valence-corrected chi connectivity index (χ2v) is 9.95. The van der Waals surface area contributed by atoms with Crippen LogP contribution in [0.1, 0.15) is 5.56 Å². The van der Waals surface area contributed by atoms with E-state index in [4.69, 9.17) is 8.83 Å². The number of nitrogens with zero attached hydrogens (tertiary/aromatic N) is 1. The van der Waals surface area contributed by atoms with Gasteiger partial charge in [-0.15, -0.1) is 0 Å². The van der Waals surface area contributed by atoms with E-state index in [1.165, 1.54) is 0 Å². The molecule has 186 valence electrons. The summed E-state index contributed by atoms with van der Waals surface area (Å²) in [4.78, 5) is 0. The molecule has 0 fully saturated rings. The summed E-state index contributed by atoms with van der Waals surface area (Å²) >= 11 is 0. The van der Waals surface area contributed by atoms with Crippen molar-refractivity contribution in [2.75, 3.05) is 0 Å². The molecule has 2 heterocycles. The standard InChI is InChI=1S/C37H21NO2/c38-22-32-24(28-14-8-15-29-25-12-4-6-18-33(25)39-36(28)29)20-21-27(35(32)23-10-2-1-3-11-23)31-17-9-16-30-26-13-5-7-19-34(26)40-37(30)31/h1-21H. The van der Waals surface area contributed by atoms with E-state index in [0.29, 0.717) is 5.56 Å². The van der Waals surface area contributed by atoms with Crippen LogP contribution in [0.4, 0.5) is 0 Å². The van der Waals surface area contributed by atoms with Crippen LogP contribution in [-0.2, 0) is 0 Å². The minimum Gasteiger partial charge on any atom is -0.455 e. The lowest BCUT2D eigenvalue weighted by molar-refractivity contribution is 0.669. The third-order valence-electron chi connectivity index (χ3n) is 7.77. The van der Waals surface area contributed by atoms with Crippen LogP contribution in [-0.4, -0.2) is 0 Å². The highest BCUT2D eigenvalue weighted by molar-refractivity contribution is 6.13. The maximum Gasteiger partial charge on any atom is 0.143 e. The first kappa shape index (κ1) is 22.4. The molecule has 0 N–H and O–H groups in total. The van der Waals surface area contributed by atoms with Gasteiger partial charge in [0.1, 0.15) is 28.4 Å². The minimum atomic E-state index is 0.602. The van der Waals surface area contributed by atoms with Crippen LogP contribution in [0.15, 0.2) is 136 Å². The lowest BCUT2D eigenvalue weighted by atomic mass is 9.85. The maximum atomic E-state index is 10.7. The molecule has 3 nitrogen and oxygen atoms in total. The molecule has 0 aliphatic heterocycles. The summed E-state index contributed by atoms with van der Waals surface area (Å²) in [6, 6.07) is 45.4. The lowest BCUT2D eigenvalue weighted by Gasteiger charge is -2.16. The Balaban J connectivity index is 1.46. The van der Waals surface area contributed by atoms with Crippen molar-refractivity contribution < 1.29 is 8.83 Å². The fourth-order valence-electron chi connectivity index (χ4n) is 5.99. The zero-order valence-electron chi connectivity index (χ0n) is 21.4. The molecule has 0 aliphatic carbocycles. The molecule has 3 heteroatoms. The number of nitriles is 1. The Morgan fingerprint density at radius 3 is 1.52 bits per heavy atom. The molecule has 0 aliphatic rings. The van der Waals surface area contributed by atoms with Gasteiger partial charge < -0.3 is 8.83 Å². The van der Waals surface area contributed by atoms with Crippen molar-refractivity contribution in [3.8, 4) is 39.4 Å². The van der Waals surface area contributed by atoms with Crippen molar-refractivity contribution in [2.45, 2.75) is 0 Å². The average Bonchev–Trinajstić information content (AvgIpc) is 3.59. The monoisotopic (exact) mass is 511 g/mol. The van der Waals surface area contributed by atoms with Crippen molar-refractivity contribution in [3.63, 3.8) is 0 Å². The highest BCUT2D eigenvalue weighted by atomic mass is 16.3. The Kier molecular flexibility index (Phi) is 4.89. The fraction of sp³-hybridized carbons (Fsp3) is 0. The van der Waals surface area contributed by atoms with Gasteiger partial charge in [-0.1, -0.05) is 115 Å². The molecule has 0 saturated carbocycles. The Morgan fingerprint density at radius 1 is 0.425 bits per heavy atom. The number of para-hydroxylation sites is 4. The molecule has 0 atom stereocenters.